The van der Waals surface area contributed by atoms with Crippen LogP contribution in [0.1, 0.15) is 42.6 Å². The van der Waals surface area contributed by atoms with Gasteiger partial charge in [-0.2, -0.15) is 0 Å². The normalized spacial score (nSPS) is 11.5. The average molecular weight is 402 g/mol. The van der Waals surface area contributed by atoms with Crippen LogP contribution in [0, 0.1) is 12.8 Å². The molecule has 2 N–H and O–H groups in total. The molecule has 2 heterocycles. The van der Waals surface area contributed by atoms with E-state index in [1.807, 2.05) is 55.5 Å². The topological polar surface area (TPSA) is 83.0 Å². The van der Waals surface area contributed by atoms with Crippen LogP contribution in [0.15, 0.2) is 48.5 Å². The monoisotopic (exact) mass is 402 g/mol. The molecule has 2 aromatic carbocycles. The summed E-state index contributed by atoms with van der Waals surface area (Å²) in [6, 6.07) is 15.5. The summed E-state index contributed by atoms with van der Waals surface area (Å²) in [6.07, 6.45) is 1.91. The Bertz CT molecular complexity index is 1220. The number of carbonyl (C=O) groups excluding carboxylic acids is 1. The molecule has 0 aliphatic heterocycles. The van der Waals surface area contributed by atoms with Crippen molar-refractivity contribution in [2.24, 2.45) is 5.92 Å². The molecule has 154 valence electrons. The van der Waals surface area contributed by atoms with Gasteiger partial charge in [0.05, 0.1) is 17.6 Å². The van der Waals surface area contributed by atoms with E-state index in [9.17, 15) is 4.79 Å². The van der Waals surface area contributed by atoms with Gasteiger partial charge < -0.3 is 10.5 Å². The molecular formula is C24H26N4O2. The van der Waals surface area contributed by atoms with Gasteiger partial charge >= 0.3 is 5.97 Å². The molecule has 0 radical (unpaired) electrons. The van der Waals surface area contributed by atoms with Gasteiger partial charge in [-0.1, -0.05) is 51.0 Å². The molecule has 0 saturated carbocycles. The molecule has 30 heavy (non-hydrogen) atoms. The summed E-state index contributed by atoms with van der Waals surface area (Å²) in [7, 11) is 0. The number of aromatic nitrogens is 3. The molecule has 4 aromatic rings. The SMILES string of the molecule is CCC(CC)COC(=O)c1c(N)n(-c2cccc(C)c2)c2nc3ccccc3nc12. The predicted molar refractivity (Wildman–Crippen MR) is 120 cm³/mol. The minimum absolute atomic E-state index is 0.274. The molecule has 0 unspecified atom stereocenters. The largest absolute Gasteiger partial charge is 0.462 e. The van der Waals surface area contributed by atoms with Crippen molar-refractivity contribution in [1.29, 1.82) is 0 Å². The van der Waals surface area contributed by atoms with E-state index in [4.69, 9.17) is 20.4 Å². The molecule has 4 rings (SSSR count). The number of anilines is 1. The van der Waals surface area contributed by atoms with E-state index < -0.39 is 5.97 Å². The molecule has 0 aliphatic rings. The summed E-state index contributed by atoms with van der Waals surface area (Å²) in [5, 5.41) is 0. The number of carbonyl (C=O) groups is 1. The van der Waals surface area contributed by atoms with Crippen LogP contribution in [0.5, 0.6) is 0 Å². The number of nitrogens with two attached hydrogens (primary N) is 1. The molecule has 0 atom stereocenters. The lowest BCUT2D eigenvalue weighted by Gasteiger charge is -2.12. The van der Waals surface area contributed by atoms with E-state index in [-0.39, 0.29) is 5.56 Å². The van der Waals surface area contributed by atoms with Gasteiger partial charge in [0.1, 0.15) is 16.9 Å². The number of nitrogens with zero attached hydrogens (tertiary/aromatic N) is 3. The summed E-state index contributed by atoms with van der Waals surface area (Å²) in [5.74, 6) is 0.160. The first kappa shape index (κ1) is 19.9. The Morgan fingerprint density at radius 1 is 1.07 bits per heavy atom. The molecule has 0 spiro atoms. The fourth-order valence-corrected chi connectivity index (χ4v) is 3.68. The van der Waals surface area contributed by atoms with Crippen LogP contribution in [0.3, 0.4) is 0 Å². The van der Waals surface area contributed by atoms with Crippen molar-refractivity contribution in [2.75, 3.05) is 12.3 Å². The Kier molecular flexibility index (Phi) is 5.40. The highest BCUT2D eigenvalue weighted by Gasteiger charge is 2.26. The van der Waals surface area contributed by atoms with Crippen molar-refractivity contribution in [3.63, 3.8) is 0 Å². The van der Waals surface area contributed by atoms with Crippen molar-refractivity contribution < 1.29 is 9.53 Å². The van der Waals surface area contributed by atoms with E-state index >= 15 is 0 Å². The number of nitrogen functional groups attached to an aromatic ring is 1. The van der Waals surface area contributed by atoms with Crippen LogP contribution in [0.4, 0.5) is 5.82 Å². The molecule has 0 bridgehead atoms. The van der Waals surface area contributed by atoms with Crippen molar-refractivity contribution >= 4 is 34.0 Å². The maximum atomic E-state index is 13.1. The number of aryl methyl sites for hydroxylation is 1. The number of fused-ring (bicyclic) bond motifs is 2. The van der Waals surface area contributed by atoms with Crippen molar-refractivity contribution in [2.45, 2.75) is 33.6 Å². The van der Waals surface area contributed by atoms with Gasteiger partial charge in [-0.05, 0) is 42.7 Å². The van der Waals surface area contributed by atoms with Crippen molar-refractivity contribution in [1.82, 2.24) is 14.5 Å². The van der Waals surface area contributed by atoms with Crippen LogP contribution in [0.2, 0.25) is 0 Å². The second-order valence-corrected chi connectivity index (χ2v) is 7.60. The standard InChI is InChI=1S/C24H26N4O2/c1-4-16(5-2)14-30-24(29)20-21-23(27-19-12-7-6-11-18(19)26-21)28(22(20)25)17-10-8-9-15(3)13-17/h6-13,16H,4-5,14,25H2,1-3H3. The molecule has 0 fully saturated rings. The van der Waals surface area contributed by atoms with E-state index in [0.717, 1.165) is 29.6 Å². The second kappa shape index (κ2) is 8.14. The zero-order valence-electron chi connectivity index (χ0n) is 17.6. The van der Waals surface area contributed by atoms with E-state index in [0.29, 0.717) is 35.0 Å². The zero-order chi connectivity index (χ0) is 21.3. The van der Waals surface area contributed by atoms with Crippen LogP contribution in [0.25, 0.3) is 27.9 Å². The highest BCUT2D eigenvalue weighted by Crippen LogP contribution is 2.32. The minimum atomic E-state index is -0.458. The number of benzene rings is 2. The Morgan fingerprint density at radius 3 is 2.43 bits per heavy atom. The van der Waals surface area contributed by atoms with E-state index in [2.05, 4.69) is 13.8 Å². The minimum Gasteiger partial charge on any atom is -0.462 e. The summed E-state index contributed by atoms with van der Waals surface area (Å²) in [6.45, 7) is 6.57. The molecule has 2 aromatic heterocycles. The van der Waals surface area contributed by atoms with Crippen LogP contribution in [-0.4, -0.2) is 27.1 Å². The van der Waals surface area contributed by atoms with Gasteiger partial charge in [0.25, 0.3) is 0 Å². The third-order valence-electron chi connectivity index (χ3n) is 5.57. The van der Waals surface area contributed by atoms with Gasteiger partial charge in [-0.25, -0.2) is 14.8 Å². The van der Waals surface area contributed by atoms with Crippen LogP contribution < -0.4 is 5.73 Å². The summed E-state index contributed by atoms with van der Waals surface area (Å²) in [4.78, 5) is 22.6. The lowest BCUT2D eigenvalue weighted by molar-refractivity contribution is 0.0436. The lowest BCUT2D eigenvalue weighted by atomic mass is 10.1. The zero-order valence-corrected chi connectivity index (χ0v) is 17.6. The van der Waals surface area contributed by atoms with Gasteiger partial charge in [-0.15, -0.1) is 0 Å². The first-order valence-electron chi connectivity index (χ1n) is 10.3. The van der Waals surface area contributed by atoms with Crippen LogP contribution in [-0.2, 0) is 4.74 Å². The van der Waals surface area contributed by atoms with Gasteiger partial charge in [-0.3, -0.25) is 4.57 Å². The number of hydrogen-bond donors (Lipinski definition) is 1. The average Bonchev–Trinajstić information content (AvgIpc) is 3.03. The Labute approximate surface area is 175 Å². The summed E-state index contributed by atoms with van der Waals surface area (Å²) >= 11 is 0. The first-order valence-corrected chi connectivity index (χ1v) is 10.3. The smallest absolute Gasteiger partial charge is 0.344 e. The maximum Gasteiger partial charge on any atom is 0.344 e. The van der Waals surface area contributed by atoms with Crippen molar-refractivity contribution in [3.8, 4) is 5.69 Å². The highest BCUT2D eigenvalue weighted by molar-refractivity contribution is 6.09. The Morgan fingerprint density at radius 2 is 1.77 bits per heavy atom. The Hall–Kier alpha value is -3.41. The quantitative estimate of drug-likeness (QED) is 0.456. The molecule has 6 heteroatoms. The van der Waals surface area contributed by atoms with Crippen LogP contribution >= 0.6 is 0 Å². The molecule has 0 aliphatic carbocycles. The summed E-state index contributed by atoms with van der Waals surface area (Å²) in [5.41, 5.74) is 11.2. The number of hydrogen-bond acceptors (Lipinski definition) is 5. The molecule has 6 nitrogen and oxygen atoms in total. The third-order valence-corrected chi connectivity index (χ3v) is 5.57. The number of rotatable bonds is 6. The first-order chi connectivity index (χ1) is 14.5. The fraction of sp³-hybridized carbons (Fsp3) is 0.292. The molecule has 0 saturated heterocycles. The van der Waals surface area contributed by atoms with Crippen molar-refractivity contribution in [3.05, 3.63) is 59.7 Å². The number of ether oxygens (including phenoxy) is 1. The Balaban J connectivity index is 1.92. The molecular weight excluding hydrogens is 376 g/mol. The lowest BCUT2D eigenvalue weighted by Crippen LogP contribution is -2.15. The van der Waals surface area contributed by atoms with E-state index in [1.54, 1.807) is 4.57 Å². The highest BCUT2D eigenvalue weighted by atomic mass is 16.5. The fourth-order valence-electron chi connectivity index (χ4n) is 3.68. The third kappa shape index (κ3) is 3.49. The second-order valence-electron chi connectivity index (χ2n) is 7.60. The number of esters is 1. The van der Waals surface area contributed by atoms with Gasteiger partial charge in [0, 0.05) is 5.69 Å². The predicted octanol–water partition coefficient (Wildman–Crippen LogP) is 5.06. The summed E-state index contributed by atoms with van der Waals surface area (Å²) < 4.78 is 7.43. The maximum absolute atomic E-state index is 13.1. The van der Waals surface area contributed by atoms with E-state index in [1.165, 1.54) is 0 Å². The molecule has 0 amide bonds. The number of para-hydroxylation sites is 2. The van der Waals surface area contributed by atoms with Gasteiger partial charge in [0.2, 0.25) is 0 Å². The van der Waals surface area contributed by atoms with Gasteiger partial charge in [0.15, 0.2) is 5.65 Å².